The van der Waals surface area contributed by atoms with Crippen LogP contribution < -0.4 is 10.0 Å². The lowest BCUT2D eigenvalue weighted by Crippen LogP contribution is -2.15. The molecule has 1 aromatic heterocycles. The molecule has 0 bridgehead atoms. The molecular formula is C23H20ClN3O3S3. The summed E-state index contributed by atoms with van der Waals surface area (Å²) in [5.41, 5.74) is 4.15. The molecule has 10 heteroatoms. The molecule has 0 saturated carbocycles. The average molecular weight is 518 g/mol. The fraction of sp³-hybridized carbons (Fsp3) is 0.130. The van der Waals surface area contributed by atoms with Crippen LogP contribution in [0.15, 0.2) is 69.9 Å². The number of aromatic nitrogens is 1. The highest BCUT2D eigenvalue weighted by atomic mass is 35.5. The van der Waals surface area contributed by atoms with Gasteiger partial charge in [0.1, 0.15) is 0 Å². The topological polar surface area (TPSA) is 88.2 Å². The molecule has 1 heterocycles. The smallest absolute Gasteiger partial charge is 0.261 e. The number of rotatable bonds is 7. The summed E-state index contributed by atoms with van der Waals surface area (Å²) in [6.45, 7) is 3.98. The average Bonchev–Trinajstić information content (AvgIpc) is 3.18. The van der Waals surface area contributed by atoms with Crippen LogP contribution in [0.2, 0.25) is 5.02 Å². The van der Waals surface area contributed by atoms with Crippen molar-refractivity contribution in [3.05, 3.63) is 76.8 Å². The van der Waals surface area contributed by atoms with Crippen molar-refractivity contribution in [2.45, 2.75) is 23.1 Å². The molecule has 0 unspecified atom stereocenters. The van der Waals surface area contributed by atoms with Gasteiger partial charge in [-0.25, -0.2) is 13.4 Å². The highest BCUT2D eigenvalue weighted by Gasteiger charge is 2.15. The Kier molecular flexibility index (Phi) is 6.94. The molecule has 0 aliphatic heterocycles. The van der Waals surface area contributed by atoms with Crippen LogP contribution in [0, 0.1) is 13.8 Å². The normalized spacial score (nSPS) is 11.5. The van der Waals surface area contributed by atoms with Crippen LogP contribution in [0.5, 0.6) is 0 Å². The van der Waals surface area contributed by atoms with Gasteiger partial charge in [0.15, 0.2) is 4.34 Å². The maximum Gasteiger partial charge on any atom is 0.261 e. The Hall–Kier alpha value is -2.59. The number of benzene rings is 3. The van der Waals surface area contributed by atoms with E-state index < -0.39 is 10.0 Å². The SMILES string of the molecule is Cc1cccc(NC(=O)CSc2nc3ccc(NS(=O)(=O)c4ccc(Cl)cc4)cc3s2)c1C. The van der Waals surface area contributed by atoms with Crippen LogP contribution in [0.4, 0.5) is 11.4 Å². The largest absolute Gasteiger partial charge is 0.325 e. The van der Waals surface area contributed by atoms with E-state index in [1.54, 1.807) is 18.2 Å². The number of hydrogen-bond acceptors (Lipinski definition) is 6. The predicted molar refractivity (Wildman–Crippen MR) is 137 cm³/mol. The Morgan fingerprint density at radius 2 is 1.85 bits per heavy atom. The fourth-order valence-electron chi connectivity index (χ4n) is 3.06. The maximum absolute atomic E-state index is 12.6. The molecule has 0 spiro atoms. The number of nitrogens with one attached hydrogen (secondary N) is 2. The van der Waals surface area contributed by atoms with E-state index >= 15 is 0 Å². The highest BCUT2D eigenvalue weighted by molar-refractivity contribution is 8.01. The first kappa shape index (κ1) is 23.6. The Bertz CT molecular complexity index is 1430. The number of hydrogen-bond donors (Lipinski definition) is 2. The van der Waals surface area contributed by atoms with Crippen molar-refractivity contribution >= 4 is 72.2 Å². The van der Waals surface area contributed by atoms with Gasteiger partial charge in [0.25, 0.3) is 10.0 Å². The van der Waals surface area contributed by atoms with Crippen LogP contribution in [0.3, 0.4) is 0 Å². The minimum absolute atomic E-state index is 0.107. The van der Waals surface area contributed by atoms with Gasteiger partial charge in [-0.05, 0) is 73.5 Å². The van der Waals surface area contributed by atoms with Gasteiger partial charge in [-0.1, -0.05) is 35.5 Å². The van der Waals surface area contributed by atoms with Crippen LogP contribution >= 0.6 is 34.7 Å². The Morgan fingerprint density at radius 1 is 1.09 bits per heavy atom. The number of thioether (sulfide) groups is 1. The number of thiazole rings is 1. The molecule has 0 fully saturated rings. The number of halogens is 1. The van der Waals surface area contributed by atoms with Crippen LogP contribution in [0.1, 0.15) is 11.1 Å². The Labute approximate surface area is 205 Å². The van der Waals surface area contributed by atoms with E-state index in [9.17, 15) is 13.2 Å². The summed E-state index contributed by atoms with van der Waals surface area (Å²) in [4.78, 5) is 17.1. The summed E-state index contributed by atoms with van der Waals surface area (Å²) in [7, 11) is -3.73. The Morgan fingerprint density at radius 3 is 2.61 bits per heavy atom. The molecule has 0 aliphatic carbocycles. The van der Waals surface area contributed by atoms with E-state index in [1.165, 1.54) is 47.4 Å². The van der Waals surface area contributed by atoms with E-state index in [-0.39, 0.29) is 16.6 Å². The monoisotopic (exact) mass is 517 g/mol. The summed E-state index contributed by atoms with van der Waals surface area (Å²) in [5, 5.41) is 3.41. The number of nitrogens with zero attached hydrogens (tertiary/aromatic N) is 1. The van der Waals surface area contributed by atoms with Crippen molar-refractivity contribution in [3.63, 3.8) is 0 Å². The number of carbonyl (C=O) groups excluding carboxylic acids is 1. The van der Waals surface area contributed by atoms with Gasteiger partial charge in [0, 0.05) is 10.7 Å². The standard InChI is InChI=1S/C23H20ClN3O3S3/c1-14-4-3-5-19(15(14)2)25-22(28)13-31-23-26-20-11-8-17(12-21(20)32-23)27-33(29,30)18-9-6-16(24)7-10-18/h3-12,27H,13H2,1-2H3,(H,25,28). The predicted octanol–water partition coefficient (Wildman–Crippen LogP) is 6.10. The maximum atomic E-state index is 12.6. The summed E-state index contributed by atoms with van der Waals surface area (Å²) >= 11 is 8.59. The molecule has 1 amide bonds. The molecule has 4 rings (SSSR count). The van der Waals surface area contributed by atoms with Crippen LogP contribution in [0.25, 0.3) is 10.2 Å². The van der Waals surface area contributed by atoms with Crippen molar-refractivity contribution in [2.75, 3.05) is 15.8 Å². The lowest BCUT2D eigenvalue weighted by Gasteiger charge is -2.09. The second-order valence-electron chi connectivity index (χ2n) is 7.31. The second-order valence-corrected chi connectivity index (χ2v) is 11.7. The zero-order valence-corrected chi connectivity index (χ0v) is 21.0. The van der Waals surface area contributed by atoms with E-state index in [0.717, 1.165) is 31.4 Å². The van der Waals surface area contributed by atoms with Crippen LogP contribution in [-0.4, -0.2) is 25.1 Å². The van der Waals surface area contributed by atoms with Crippen molar-refractivity contribution in [3.8, 4) is 0 Å². The molecule has 6 nitrogen and oxygen atoms in total. The second kappa shape index (κ2) is 9.72. The van der Waals surface area contributed by atoms with E-state index in [0.29, 0.717) is 10.7 Å². The molecule has 0 aliphatic rings. The molecule has 0 radical (unpaired) electrons. The number of sulfonamides is 1. The van der Waals surface area contributed by atoms with Gasteiger partial charge < -0.3 is 5.32 Å². The van der Waals surface area contributed by atoms with Gasteiger partial charge in [-0.2, -0.15) is 0 Å². The minimum Gasteiger partial charge on any atom is -0.325 e. The molecule has 2 N–H and O–H groups in total. The molecule has 170 valence electrons. The van der Waals surface area contributed by atoms with Crippen LogP contribution in [-0.2, 0) is 14.8 Å². The first-order valence-electron chi connectivity index (χ1n) is 9.89. The van der Waals surface area contributed by atoms with E-state index in [4.69, 9.17) is 11.6 Å². The molecule has 4 aromatic rings. The van der Waals surface area contributed by atoms with Crippen molar-refractivity contribution in [2.24, 2.45) is 0 Å². The first-order valence-corrected chi connectivity index (χ1v) is 13.6. The number of anilines is 2. The first-order chi connectivity index (χ1) is 15.7. The third-order valence-corrected chi connectivity index (χ3v) is 8.76. The third-order valence-electron chi connectivity index (χ3n) is 4.95. The van der Waals surface area contributed by atoms with Gasteiger partial charge in [-0.3, -0.25) is 9.52 Å². The van der Waals surface area contributed by atoms with Crippen molar-refractivity contribution in [1.82, 2.24) is 4.98 Å². The molecule has 33 heavy (non-hydrogen) atoms. The fourth-order valence-corrected chi connectivity index (χ4v) is 6.14. The third kappa shape index (κ3) is 5.67. The Balaban J connectivity index is 1.43. The minimum atomic E-state index is -3.73. The van der Waals surface area contributed by atoms with Crippen molar-refractivity contribution < 1.29 is 13.2 Å². The van der Waals surface area contributed by atoms with E-state index in [2.05, 4.69) is 15.0 Å². The highest BCUT2D eigenvalue weighted by Crippen LogP contribution is 2.32. The summed E-state index contributed by atoms with van der Waals surface area (Å²) < 4.78 is 29.4. The summed E-state index contributed by atoms with van der Waals surface area (Å²) in [6, 6.07) is 16.9. The molecular weight excluding hydrogens is 498 g/mol. The number of amides is 1. The van der Waals surface area contributed by atoms with Gasteiger partial charge >= 0.3 is 0 Å². The summed E-state index contributed by atoms with van der Waals surface area (Å²) in [5.74, 6) is 0.118. The van der Waals surface area contributed by atoms with Crippen molar-refractivity contribution in [1.29, 1.82) is 0 Å². The summed E-state index contributed by atoms with van der Waals surface area (Å²) in [6.07, 6.45) is 0. The molecule has 0 atom stereocenters. The number of fused-ring (bicyclic) bond motifs is 1. The van der Waals surface area contributed by atoms with Gasteiger partial charge in [0.2, 0.25) is 5.91 Å². The molecule has 3 aromatic carbocycles. The zero-order chi connectivity index (χ0) is 23.6. The quantitative estimate of drug-likeness (QED) is 0.289. The zero-order valence-electron chi connectivity index (χ0n) is 17.8. The lowest BCUT2D eigenvalue weighted by atomic mass is 10.1. The van der Waals surface area contributed by atoms with Gasteiger partial charge in [0.05, 0.1) is 26.6 Å². The number of carbonyl (C=O) groups is 1. The van der Waals surface area contributed by atoms with E-state index in [1.807, 2.05) is 32.0 Å². The number of aryl methyl sites for hydroxylation is 1. The lowest BCUT2D eigenvalue weighted by molar-refractivity contribution is -0.113. The van der Waals surface area contributed by atoms with Gasteiger partial charge in [-0.15, -0.1) is 11.3 Å². The molecule has 0 saturated heterocycles.